The summed E-state index contributed by atoms with van der Waals surface area (Å²) in [5.74, 6) is 1.69. The number of benzene rings is 2. The molecule has 0 heterocycles. The van der Waals surface area contributed by atoms with Crippen LogP contribution in [-0.4, -0.2) is 0 Å². The van der Waals surface area contributed by atoms with Gasteiger partial charge in [0.2, 0.25) is 0 Å². The molecular weight excluding hydrogens is 270 g/mol. The predicted octanol–water partition coefficient (Wildman–Crippen LogP) is 4.02. The van der Waals surface area contributed by atoms with Gasteiger partial charge in [-0.2, -0.15) is 0 Å². The summed E-state index contributed by atoms with van der Waals surface area (Å²) in [6, 6.07) is 16.6. The number of ether oxygens (including phenoxy) is 1. The van der Waals surface area contributed by atoms with Crippen molar-refractivity contribution in [1.29, 1.82) is 0 Å². The molecule has 0 amide bonds. The second-order valence-corrected chi connectivity index (χ2v) is 5.09. The van der Waals surface area contributed by atoms with Gasteiger partial charge in [0.25, 0.3) is 0 Å². The van der Waals surface area contributed by atoms with Gasteiger partial charge in [-0.1, -0.05) is 48.5 Å². The lowest BCUT2D eigenvalue weighted by atomic mass is 10.0. The van der Waals surface area contributed by atoms with Gasteiger partial charge in [-0.15, -0.1) is 12.4 Å². The van der Waals surface area contributed by atoms with Crippen molar-refractivity contribution in [2.24, 2.45) is 5.73 Å². The van der Waals surface area contributed by atoms with Gasteiger partial charge in [0, 0.05) is 12.1 Å². The van der Waals surface area contributed by atoms with E-state index in [1.807, 2.05) is 18.2 Å². The largest absolute Gasteiger partial charge is 0.488 e. The number of hydrogen-bond donors (Lipinski definition) is 1. The first-order chi connectivity index (χ1) is 9.38. The normalized spacial score (nSPS) is 13.7. The van der Waals surface area contributed by atoms with Gasteiger partial charge in [-0.25, -0.2) is 0 Å². The average Bonchev–Trinajstić information content (AvgIpc) is 3.30. The molecule has 3 rings (SSSR count). The summed E-state index contributed by atoms with van der Waals surface area (Å²) >= 11 is 0. The average molecular weight is 290 g/mol. The predicted molar refractivity (Wildman–Crippen MR) is 84.3 cm³/mol. The molecule has 20 heavy (non-hydrogen) atoms. The Hall–Kier alpha value is -1.51. The van der Waals surface area contributed by atoms with Crippen LogP contribution in [0.25, 0.3) is 0 Å². The first-order valence-corrected chi connectivity index (χ1v) is 6.87. The topological polar surface area (TPSA) is 35.2 Å². The van der Waals surface area contributed by atoms with Crippen molar-refractivity contribution in [1.82, 2.24) is 0 Å². The van der Waals surface area contributed by atoms with Crippen molar-refractivity contribution in [2.45, 2.75) is 31.9 Å². The number of rotatable bonds is 5. The minimum atomic E-state index is 0. The number of hydrogen-bond acceptors (Lipinski definition) is 2. The van der Waals surface area contributed by atoms with Crippen LogP contribution in [0.2, 0.25) is 0 Å². The molecule has 0 radical (unpaired) electrons. The lowest BCUT2D eigenvalue weighted by molar-refractivity contribution is 0.299. The summed E-state index contributed by atoms with van der Waals surface area (Å²) in [6.07, 6.45) is 2.55. The Morgan fingerprint density at radius 3 is 2.40 bits per heavy atom. The Kier molecular flexibility index (Phi) is 5.05. The summed E-state index contributed by atoms with van der Waals surface area (Å²) in [5.41, 5.74) is 9.46. The second kappa shape index (κ2) is 6.78. The molecule has 1 fully saturated rings. The van der Waals surface area contributed by atoms with Crippen LogP contribution in [0.1, 0.15) is 35.4 Å². The van der Waals surface area contributed by atoms with Crippen molar-refractivity contribution in [3.05, 3.63) is 65.2 Å². The maximum absolute atomic E-state index is 6.07. The van der Waals surface area contributed by atoms with Gasteiger partial charge < -0.3 is 10.5 Å². The highest BCUT2D eigenvalue weighted by atomic mass is 35.5. The molecule has 106 valence electrons. The molecule has 2 nitrogen and oxygen atoms in total. The van der Waals surface area contributed by atoms with Gasteiger partial charge in [-0.3, -0.25) is 0 Å². The third-order valence-corrected chi connectivity index (χ3v) is 3.59. The molecule has 0 spiro atoms. The lowest BCUT2D eigenvalue weighted by Gasteiger charge is -2.15. The Balaban J connectivity index is 0.00000147. The maximum atomic E-state index is 6.07. The van der Waals surface area contributed by atoms with E-state index in [0.29, 0.717) is 19.1 Å². The van der Waals surface area contributed by atoms with Crippen LogP contribution in [-0.2, 0) is 13.2 Å². The minimum Gasteiger partial charge on any atom is -0.488 e. The lowest BCUT2D eigenvalue weighted by Crippen LogP contribution is -2.05. The molecule has 1 aliphatic rings. The molecule has 1 aliphatic carbocycles. The fourth-order valence-corrected chi connectivity index (χ4v) is 2.39. The van der Waals surface area contributed by atoms with Crippen LogP contribution in [0.4, 0.5) is 0 Å². The van der Waals surface area contributed by atoms with E-state index in [-0.39, 0.29) is 12.4 Å². The van der Waals surface area contributed by atoms with E-state index in [0.717, 1.165) is 11.3 Å². The van der Waals surface area contributed by atoms with E-state index in [9.17, 15) is 0 Å². The first-order valence-electron chi connectivity index (χ1n) is 6.87. The molecule has 0 unspecified atom stereocenters. The van der Waals surface area contributed by atoms with E-state index in [2.05, 4.69) is 30.3 Å². The molecule has 2 aromatic rings. The van der Waals surface area contributed by atoms with Crippen LogP contribution < -0.4 is 10.5 Å². The van der Waals surface area contributed by atoms with Crippen molar-refractivity contribution in [3.63, 3.8) is 0 Å². The van der Waals surface area contributed by atoms with Crippen LogP contribution in [0.5, 0.6) is 5.75 Å². The molecule has 0 aliphatic heterocycles. The zero-order valence-electron chi connectivity index (χ0n) is 11.4. The Labute approximate surface area is 126 Å². The van der Waals surface area contributed by atoms with Crippen LogP contribution in [0.15, 0.2) is 48.5 Å². The molecular formula is C17H20ClNO. The highest BCUT2D eigenvalue weighted by Gasteiger charge is 2.27. The first kappa shape index (κ1) is 14.9. The van der Waals surface area contributed by atoms with Crippen molar-refractivity contribution in [3.8, 4) is 5.75 Å². The summed E-state index contributed by atoms with van der Waals surface area (Å²) in [6.45, 7) is 1.14. The van der Waals surface area contributed by atoms with Crippen molar-refractivity contribution < 1.29 is 4.74 Å². The van der Waals surface area contributed by atoms with Gasteiger partial charge in [0.1, 0.15) is 12.4 Å². The van der Waals surface area contributed by atoms with Crippen molar-refractivity contribution in [2.75, 3.05) is 0 Å². The van der Waals surface area contributed by atoms with Crippen LogP contribution >= 0.6 is 12.4 Å². The Morgan fingerprint density at radius 1 is 1.00 bits per heavy atom. The zero-order chi connectivity index (χ0) is 13.1. The van der Waals surface area contributed by atoms with E-state index >= 15 is 0 Å². The quantitative estimate of drug-likeness (QED) is 0.902. The highest BCUT2D eigenvalue weighted by molar-refractivity contribution is 5.85. The smallest absolute Gasteiger partial charge is 0.127 e. The van der Waals surface area contributed by atoms with Gasteiger partial charge in [0.15, 0.2) is 0 Å². The standard InChI is InChI=1S/C17H19NO.ClH/c18-11-15-7-4-8-16(14-9-10-14)17(15)19-12-13-5-2-1-3-6-13;/h1-8,14H,9-12,18H2;1H. The van der Waals surface area contributed by atoms with Gasteiger partial charge in [-0.05, 0) is 29.9 Å². The molecule has 0 atom stereocenters. The SMILES string of the molecule is Cl.NCc1cccc(C2CC2)c1OCc1ccccc1. The summed E-state index contributed by atoms with van der Waals surface area (Å²) in [7, 11) is 0. The van der Waals surface area contributed by atoms with Gasteiger partial charge >= 0.3 is 0 Å². The molecule has 2 aromatic carbocycles. The van der Waals surface area contributed by atoms with E-state index < -0.39 is 0 Å². The van der Waals surface area contributed by atoms with Crippen LogP contribution in [0, 0.1) is 0 Å². The fourth-order valence-electron chi connectivity index (χ4n) is 2.39. The summed E-state index contributed by atoms with van der Waals surface area (Å²) in [4.78, 5) is 0. The summed E-state index contributed by atoms with van der Waals surface area (Å²) < 4.78 is 6.07. The van der Waals surface area contributed by atoms with E-state index in [4.69, 9.17) is 10.5 Å². The van der Waals surface area contributed by atoms with E-state index in [1.165, 1.54) is 24.0 Å². The van der Waals surface area contributed by atoms with Gasteiger partial charge in [0.05, 0.1) is 0 Å². The minimum absolute atomic E-state index is 0. The second-order valence-electron chi connectivity index (χ2n) is 5.09. The third kappa shape index (κ3) is 3.33. The molecule has 0 bridgehead atoms. The summed E-state index contributed by atoms with van der Waals surface area (Å²) in [5, 5.41) is 0. The number of nitrogens with two attached hydrogens (primary N) is 1. The zero-order valence-corrected chi connectivity index (χ0v) is 12.2. The third-order valence-electron chi connectivity index (χ3n) is 3.59. The highest BCUT2D eigenvalue weighted by Crippen LogP contribution is 2.45. The Bertz CT molecular complexity index is 552. The maximum Gasteiger partial charge on any atom is 0.127 e. The fraction of sp³-hybridized carbons (Fsp3) is 0.294. The van der Waals surface area contributed by atoms with E-state index in [1.54, 1.807) is 0 Å². The molecule has 0 saturated heterocycles. The number of para-hydroxylation sites is 1. The number of halogens is 1. The molecule has 0 aromatic heterocycles. The Morgan fingerprint density at radius 2 is 1.75 bits per heavy atom. The molecule has 1 saturated carbocycles. The van der Waals surface area contributed by atoms with Crippen LogP contribution in [0.3, 0.4) is 0 Å². The van der Waals surface area contributed by atoms with Crippen molar-refractivity contribution >= 4 is 12.4 Å². The molecule has 3 heteroatoms. The molecule has 2 N–H and O–H groups in total. The monoisotopic (exact) mass is 289 g/mol.